The minimum Gasteiger partial charge on any atom is -0.338 e. The van der Waals surface area contributed by atoms with Crippen molar-refractivity contribution in [3.05, 3.63) is 71.7 Å². The molecule has 132 valence electrons. The predicted octanol–water partition coefficient (Wildman–Crippen LogP) is 4.03. The third kappa shape index (κ3) is 3.45. The number of likely N-dealkylation sites (tertiary alicyclic amines) is 1. The Morgan fingerprint density at radius 1 is 1.15 bits per heavy atom. The molecule has 0 radical (unpaired) electrons. The van der Waals surface area contributed by atoms with Gasteiger partial charge >= 0.3 is 0 Å². The molecule has 4 rings (SSSR count). The van der Waals surface area contributed by atoms with E-state index in [1.165, 1.54) is 0 Å². The molecule has 1 aliphatic heterocycles. The minimum atomic E-state index is 0.116. The van der Waals surface area contributed by atoms with E-state index in [1.54, 1.807) is 6.20 Å². The van der Waals surface area contributed by atoms with Crippen molar-refractivity contribution in [2.45, 2.75) is 26.2 Å². The summed E-state index contributed by atoms with van der Waals surface area (Å²) >= 11 is 0. The van der Waals surface area contributed by atoms with Crippen molar-refractivity contribution < 1.29 is 4.79 Å². The second kappa shape index (κ2) is 7.24. The molecule has 4 nitrogen and oxygen atoms in total. The Bertz CT molecular complexity index is 932. The van der Waals surface area contributed by atoms with Crippen molar-refractivity contribution in [3.8, 4) is 0 Å². The summed E-state index contributed by atoms with van der Waals surface area (Å²) in [5.41, 5.74) is 3.80. The number of carbonyl (C=O) groups excluding carboxylic acids is 1. The van der Waals surface area contributed by atoms with Crippen LogP contribution in [-0.2, 0) is 6.42 Å². The Balaban J connectivity index is 1.53. The van der Waals surface area contributed by atoms with E-state index in [-0.39, 0.29) is 5.91 Å². The SMILES string of the molecule is Cc1cccc(CC2CCCN(C(=O)c3cccc4ncccc34)C2)n1. The molecule has 4 heteroatoms. The van der Waals surface area contributed by atoms with Gasteiger partial charge in [-0.1, -0.05) is 18.2 Å². The van der Waals surface area contributed by atoms with Gasteiger partial charge in [0.2, 0.25) is 0 Å². The lowest BCUT2D eigenvalue weighted by Crippen LogP contribution is -2.40. The number of fused-ring (bicyclic) bond motifs is 1. The first-order chi connectivity index (χ1) is 12.7. The summed E-state index contributed by atoms with van der Waals surface area (Å²) in [7, 11) is 0. The van der Waals surface area contributed by atoms with Crippen LogP contribution in [0.5, 0.6) is 0 Å². The molecule has 1 unspecified atom stereocenters. The zero-order chi connectivity index (χ0) is 17.9. The molecule has 3 aromatic rings. The lowest BCUT2D eigenvalue weighted by atomic mass is 9.92. The Labute approximate surface area is 153 Å². The monoisotopic (exact) mass is 345 g/mol. The minimum absolute atomic E-state index is 0.116. The molecule has 26 heavy (non-hydrogen) atoms. The number of piperidine rings is 1. The Morgan fingerprint density at radius 2 is 2.04 bits per heavy atom. The number of pyridine rings is 2. The van der Waals surface area contributed by atoms with Gasteiger partial charge in [0.1, 0.15) is 0 Å². The highest BCUT2D eigenvalue weighted by Gasteiger charge is 2.25. The first kappa shape index (κ1) is 16.7. The van der Waals surface area contributed by atoms with E-state index in [0.29, 0.717) is 5.92 Å². The number of nitrogens with zero attached hydrogens (tertiary/aromatic N) is 3. The summed E-state index contributed by atoms with van der Waals surface area (Å²) in [6.45, 7) is 3.65. The normalized spacial score (nSPS) is 17.4. The van der Waals surface area contributed by atoms with Crippen LogP contribution in [0.1, 0.15) is 34.6 Å². The van der Waals surface area contributed by atoms with Crippen LogP contribution in [0.4, 0.5) is 0 Å². The van der Waals surface area contributed by atoms with Crippen LogP contribution < -0.4 is 0 Å². The van der Waals surface area contributed by atoms with Crippen LogP contribution >= 0.6 is 0 Å². The molecule has 1 amide bonds. The average Bonchev–Trinajstić information content (AvgIpc) is 2.67. The third-order valence-corrected chi connectivity index (χ3v) is 5.13. The van der Waals surface area contributed by atoms with Crippen molar-refractivity contribution in [2.75, 3.05) is 13.1 Å². The second-order valence-electron chi connectivity index (χ2n) is 7.11. The van der Waals surface area contributed by atoms with E-state index in [4.69, 9.17) is 0 Å². The van der Waals surface area contributed by atoms with Gasteiger partial charge in [0, 0.05) is 41.6 Å². The highest BCUT2D eigenvalue weighted by molar-refractivity contribution is 6.06. The lowest BCUT2D eigenvalue weighted by molar-refractivity contribution is 0.0674. The average molecular weight is 345 g/mol. The fourth-order valence-electron chi connectivity index (χ4n) is 3.89. The highest BCUT2D eigenvalue weighted by Crippen LogP contribution is 2.24. The predicted molar refractivity (Wildman–Crippen MR) is 103 cm³/mol. The summed E-state index contributed by atoms with van der Waals surface area (Å²) in [5, 5.41) is 0.933. The quantitative estimate of drug-likeness (QED) is 0.720. The number of benzene rings is 1. The Kier molecular flexibility index (Phi) is 4.65. The first-order valence-corrected chi connectivity index (χ1v) is 9.26. The lowest BCUT2D eigenvalue weighted by Gasteiger charge is -2.33. The van der Waals surface area contributed by atoms with Gasteiger partial charge in [-0.15, -0.1) is 0 Å². The third-order valence-electron chi connectivity index (χ3n) is 5.13. The molecule has 1 aromatic carbocycles. The van der Waals surface area contributed by atoms with Gasteiger partial charge in [0.25, 0.3) is 5.91 Å². The van der Waals surface area contributed by atoms with E-state index in [2.05, 4.69) is 22.1 Å². The molecule has 0 bridgehead atoms. The molecule has 1 saturated heterocycles. The largest absolute Gasteiger partial charge is 0.338 e. The van der Waals surface area contributed by atoms with Crippen molar-refractivity contribution in [2.24, 2.45) is 5.92 Å². The molecule has 0 aliphatic carbocycles. The first-order valence-electron chi connectivity index (χ1n) is 9.26. The van der Waals surface area contributed by atoms with Crippen molar-refractivity contribution in [3.63, 3.8) is 0 Å². The second-order valence-corrected chi connectivity index (χ2v) is 7.11. The van der Waals surface area contributed by atoms with E-state index in [1.807, 2.05) is 48.2 Å². The Morgan fingerprint density at radius 3 is 2.92 bits per heavy atom. The van der Waals surface area contributed by atoms with E-state index >= 15 is 0 Å². The smallest absolute Gasteiger partial charge is 0.254 e. The maximum atomic E-state index is 13.1. The zero-order valence-electron chi connectivity index (χ0n) is 15.1. The van der Waals surface area contributed by atoms with Crippen LogP contribution in [0.2, 0.25) is 0 Å². The van der Waals surface area contributed by atoms with Gasteiger partial charge in [-0.25, -0.2) is 0 Å². The van der Waals surface area contributed by atoms with Gasteiger partial charge < -0.3 is 4.90 Å². The van der Waals surface area contributed by atoms with Crippen LogP contribution in [0.25, 0.3) is 10.9 Å². The summed E-state index contributed by atoms with van der Waals surface area (Å²) in [4.78, 5) is 24.1. The van der Waals surface area contributed by atoms with Crippen LogP contribution in [0.3, 0.4) is 0 Å². The fraction of sp³-hybridized carbons (Fsp3) is 0.318. The van der Waals surface area contributed by atoms with Gasteiger partial charge in [0.15, 0.2) is 0 Å². The molecule has 0 saturated carbocycles. The molecular formula is C22H23N3O. The maximum absolute atomic E-state index is 13.1. The van der Waals surface area contributed by atoms with E-state index in [0.717, 1.165) is 60.2 Å². The summed E-state index contributed by atoms with van der Waals surface area (Å²) < 4.78 is 0. The zero-order valence-corrected chi connectivity index (χ0v) is 15.1. The van der Waals surface area contributed by atoms with Crippen molar-refractivity contribution >= 4 is 16.8 Å². The number of hydrogen-bond acceptors (Lipinski definition) is 3. The van der Waals surface area contributed by atoms with E-state index in [9.17, 15) is 4.79 Å². The molecule has 2 aromatic heterocycles. The van der Waals surface area contributed by atoms with Crippen molar-refractivity contribution in [1.29, 1.82) is 0 Å². The highest BCUT2D eigenvalue weighted by atomic mass is 16.2. The van der Waals surface area contributed by atoms with Gasteiger partial charge in [-0.05, 0) is 62.4 Å². The molecule has 1 fully saturated rings. The number of rotatable bonds is 3. The summed E-state index contributed by atoms with van der Waals surface area (Å²) in [5.74, 6) is 0.584. The van der Waals surface area contributed by atoms with Gasteiger partial charge in [-0.3, -0.25) is 14.8 Å². The Hall–Kier alpha value is -2.75. The number of carbonyl (C=O) groups is 1. The summed E-state index contributed by atoms with van der Waals surface area (Å²) in [6, 6.07) is 15.8. The standard InChI is InChI=1S/C22H23N3O/c1-16-6-2-8-18(24-16)14-17-7-5-13-25(15-17)22(26)20-9-3-11-21-19(20)10-4-12-23-21/h2-4,6,8-12,17H,5,7,13-15H2,1H3. The maximum Gasteiger partial charge on any atom is 0.254 e. The number of aryl methyl sites for hydroxylation is 1. The van der Waals surface area contributed by atoms with E-state index < -0.39 is 0 Å². The molecule has 0 N–H and O–H groups in total. The molecule has 1 aliphatic rings. The van der Waals surface area contributed by atoms with Crippen LogP contribution in [0.15, 0.2) is 54.7 Å². The summed E-state index contributed by atoms with van der Waals surface area (Å²) in [6.07, 6.45) is 4.90. The topological polar surface area (TPSA) is 46.1 Å². The number of aromatic nitrogens is 2. The molecule has 3 heterocycles. The fourth-order valence-corrected chi connectivity index (χ4v) is 3.89. The van der Waals surface area contributed by atoms with Gasteiger partial charge in [-0.2, -0.15) is 0 Å². The number of amides is 1. The van der Waals surface area contributed by atoms with Gasteiger partial charge in [0.05, 0.1) is 5.52 Å². The number of hydrogen-bond donors (Lipinski definition) is 0. The molecule has 0 spiro atoms. The van der Waals surface area contributed by atoms with Crippen LogP contribution in [0, 0.1) is 12.8 Å². The molecular weight excluding hydrogens is 322 g/mol. The van der Waals surface area contributed by atoms with Crippen molar-refractivity contribution in [1.82, 2.24) is 14.9 Å². The van der Waals surface area contributed by atoms with Crippen LogP contribution in [-0.4, -0.2) is 33.9 Å². The molecule has 1 atom stereocenters.